The van der Waals surface area contributed by atoms with Crippen molar-refractivity contribution in [2.75, 3.05) is 6.54 Å². The molecule has 2 N–H and O–H groups in total. The van der Waals surface area contributed by atoms with Gasteiger partial charge in [-0.25, -0.2) is 0 Å². The van der Waals surface area contributed by atoms with Crippen molar-refractivity contribution in [3.05, 3.63) is 28.8 Å². The topological polar surface area (TPSA) is 90.6 Å². The highest BCUT2D eigenvalue weighted by Gasteiger charge is 2.31. The quantitative estimate of drug-likeness (QED) is 0.853. The molecule has 1 aliphatic heterocycles. The monoisotopic (exact) mass is 272 g/mol. The van der Waals surface area contributed by atoms with Gasteiger partial charge in [-0.05, 0) is 12.8 Å². The number of H-pyrrole nitrogens is 2. The number of nitrogens with one attached hydrogen (secondary N) is 2. The van der Waals surface area contributed by atoms with Crippen molar-refractivity contribution < 1.29 is 4.79 Å². The van der Waals surface area contributed by atoms with Crippen molar-refractivity contribution in [3.8, 4) is 0 Å². The van der Waals surface area contributed by atoms with E-state index >= 15 is 0 Å². The van der Waals surface area contributed by atoms with Gasteiger partial charge < -0.3 is 4.90 Å². The highest BCUT2D eigenvalue weighted by atomic mass is 16.2. The summed E-state index contributed by atoms with van der Waals surface area (Å²) in [7, 11) is 0. The number of nitrogens with zero attached hydrogens (tertiary/aromatic N) is 4. The Hall–Kier alpha value is -2.18. The molecular formula is C13H16N6O. The molecule has 2 aliphatic rings. The predicted molar refractivity (Wildman–Crippen MR) is 70.0 cm³/mol. The van der Waals surface area contributed by atoms with E-state index in [0.717, 1.165) is 6.42 Å². The number of aromatic amines is 2. The van der Waals surface area contributed by atoms with Crippen LogP contribution in [0.2, 0.25) is 0 Å². The molecule has 7 heteroatoms. The van der Waals surface area contributed by atoms with E-state index in [1.54, 1.807) is 0 Å². The van der Waals surface area contributed by atoms with Crippen LogP contribution in [-0.2, 0) is 13.0 Å². The van der Waals surface area contributed by atoms with Gasteiger partial charge in [0.15, 0.2) is 5.69 Å². The predicted octanol–water partition coefficient (Wildman–Crippen LogP) is 0.994. The van der Waals surface area contributed by atoms with Crippen LogP contribution < -0.4 is 0 Å². The van der Waals surface area contributed by atoms with E-state index in [2.05, 4.69) is 25.6 Å². The van der Waals surface area contributed by atoms with Crippen LogP contribution in [0, 0.1) is 0 Å². The molecule has 1 saturated carbocycles. The maximum Gasteiger partial charge on any atom is 0.276 e. The van der Waals surface area contributed by atoms with Gasteiger partial charge in [0.2, 0.25) is 0 Å². The largest absolute Gasteiger partial charge is 0.332 e. The first-order valence-electron chi connectivity index (χ1n) is 7.04. The van der Waals surface area contributed by atoms with E-state index in [1.165, 1.54) is 42.4 Å². The zero-order valence-corrected chi connectivity index (χ0v) is 11.1. The molecule has 1 amide bonds. The molecule has 3 heterocycles. The van der Waals surface area contributed by atoms with Gasteiger partial charge in [0.1, 0.15) is 0 Å². The lowest BCUT2D eigenvalue weighted by molar-refractivity contribution is 0.0727. The van der Waals surface area contributed by atoms with Crippen LogP contribution in [0.1, 0.15) is 52.6 Å². The molecule has 1 aliphatic carbocycles. The number of fused-ring (bicyclic) bond motifs is 1. The number of rotatable bonds is 2. The van der Waals surface area contributed by atoms with E-state index in [9.17, 15) is 4.79 Å². The van der Waals surface area contributed by atoms with E-state index in [0.29, 0.717) is 24.7 Å². The summed E-state index contributed by atoms with van der Waals surface area (Å²) in [5.74, 6) is 0.516. The Morgan fingerprint density at radius 1 is 1.35 bits per heavy atom. The van der Waals surface area contributed by atoms with E-state index < -0.39 is 0 Å². The summed E-state index contributed by atoms with van der Waals surface area (Å²) < 4.78 is 0. The Balaban J connectivity index is 1.59. The number of hydrogen-bond donors (Lipinski definition) is 2. The van der Waals surface area contributed by atoms with Crippen LogP contribution in [0.15, 0.2) is 6.20 Å². The normalized spacial score (nSPS) is 18.7. The fourth-order valence-corrected chi connectivity index (χ4v) is 2.98. The lowest BCUT2D eigenvalue weighted by atomic mass is 9.81. The molecule has 7 nitrogen and oxygen atoms in total. The molecule has 0 saturated heterocycles. The molecule has 104 valence electrons. The van der Waals surface area contributed by atoms with Crippen LogP contribution in [0.3, 0.4) is 0 Å². The second-order valence-corrected chi connectivity index (χ2v) is 5.53. The number of hydrogen-bond acceptors (Lipinski definition) is 4. The number of amides is 1. The molecule has 2 aromatic rings. The lowest BCUT2D eigenvalue weighted by Crippen LogP contribution is -2.36. The highest BCUT2D eigenvalue weighted by Crippen LogP contribution is 2.38. The fourth-order valence-electron chi connectivity index (χ4n) is 2.98. The van der Waals surface area contributed by atoms with Gasteiger partial charge in [0.25, 0.3) is 5.91 Å². The van der Waals surface area contributed by atoms with Crippen LogP contribution in [0.25, 0.3) is 0 Å². The van der Waals surface area contributed by atoms with Gasteiger partial charge >= 0.3 is 0 Å². The Morgan fingerprint density at radius 2 is 2.25 bits per heavy atom. The zero-order chi connectivity index (χ0) is 13.5. The summed E-state index contributed by atoms with van der Waals surface area (Å²) in [5.41, 5.74) is 3.96. The first kappa shape index (κ1) is 11.6. The number of aromatic nitrogens is 5. The Labute approximate surface area is 115 Å². The molecule has 20 heavy (non-hydrogen) atoms. The third-order valence-electron chi connectivity index (χ3n) is 4.38. The Kier molecular flexibility index (Phi) is 2.58. The SMILES string of the molecule is O=C(c1cn[nH]n1)N1CCc2[nH]nc(C3CCC3)c2C1. The van der Waals surface area contributed by atoms with Gasteiger partial charge in [-0.15, -0.1) is 0 Å². The smallest absolute Gasteiger partial charge is 0.276 e. The van der Waals surface area contributed by atoms with Gasteiger partial charge in [-0.2, -0.15) is 20.5 Å². The van der Waals surface area contributed by atoms with Crippen molar-refractivity contribution in [2.45, 2.75) is 38.1 Å². The molecule has 0 radical (unpaired) electrons. The summed E-state index contributed by atoms with van der Waals surface area (Å²) in [6, 6.07) is 0. The van der Waals surface area contributed by atoms with Crippen LogP contribution in [-0.4, -0.2) is 43.0 Å². The summed E-state index contributed by atoms with van der Waals surface area (Å²) in [4.78, 5) is 14.2. The molecular weight excluding hydrogens is 256 g/mol. The molecule has 1 fully saturated rings. The lowest BCUT2D eigenvalue weighted by Gasteiger charge is -2.29. The van der Waals surface area contributed by atoms with Crippen LogP contribution >= 0.6 is 0 Å². The van der Waals surface area contributed by atoms with Gasteiger partial charge in [0, 0.05) is 36.7 Å². The standard InChI is InChI=1S/C13H16N6O/c20-13(11-6-14-18-16-11)19-5-4-10-9(7-19)12(17-15-10)8-2-1-3-8/h6,8H,1-5,7H2,(H,15,17)(H,14,16,18). The molecule has 4 rings (SSSR count). The first-order valence-corrected chi connectivity index (χ1v) is 7.04. The average Bonchev–Trinajstić information content (AvgIpc) is 3.05. The van der Waals surface area contributed by atoms with Crippen molar-refractivity contribution in [1.29, 1.82) is 0 Å². The Morgan fingerprint density at radius 3 is 2.95 bits per heavy atom. The van der Waals surface area contributed by atoms with Crippen molar-refractivity contribution in [3.63, 3.8) is 0 Å². The van der Waals surface area contributed by atoms with Gasteiger partial charge in [-0.3, -0.25) is 9.89 Å². The van der Waals surface area contributed by atoms with Crippen molar-refractivity contribution in [1.82, 2.24) is 30.5 Å². The van der Waals surface area contributed by atoms with Gasteiger partial charge in [0.05, 0.1) is 11.9 Å². The average molecular weight is 272 g/mol. The minimum atomic E-state index is -0.0647. The molecule has 0 spiro atoms. The third kappa shape index (κ3) is 1.73. The molecule has 2 aromatic heterocycles. The fraction of sp³-hybridized carbons (Fsp3) is 0.538. The number of carbonyl (C=O) groups is 1. The summed E-state index contributed by atoms with van der Waals surface area (Å²) in [5, 5.41) is 17.7. The molecule has 0 unspecified atom stereocenters. The van der Waals surface area contributed by atoms with E-state index in [4.69, 9.17) is 0 Å². The van der Waals surface area contributed by atoms with Gasteiger partial charge in [-0.1, -0.05) is 6.42 Å². The summed E-state index contributed by atoms with van der Waals surface area (Å²) in [6.07, 6.45) is 6.02. The molecule has 0 atom stereocenters. The third-order valence-corrected chi connectivity index (χ3v) is 4.38. The maximum absolute atomic E-state index is 12.3. The molecule has 0 aromatic carbocycles. The summed E-state index contributed by atoms with van der Waals surface area (Å²) >= 11 is 0. The Bertz CT molecular complexity index is 627. The van der Waals surface area contributed by atoms with Crippen LogP contribution in [0.4, 0.5) is 0 Å². The second-order valence-electron chi connectivity index (χ2n) is 5.53. The summed E-state index contributed by atoms with van der Waals surface area (Å²) in [6.45, 7) is 1.33. The molecule has 0 bridgehead atoms. The minimum absolute atomic E-state index is 0.0647. The zero-order valence-electron chi connectivity index (χ0n) is 11.1. The van der Waals surface area contributed by atoms with Crippen molar-refractivity contribution in [2.24, 2.45) is 0 Å². The van der Waals surface area contributed by atoms with E-state index in [1.807, 2.05) is 4.90 Å². The highest BCUT2D eigenvalue weighted by molar-refractivity contribution is 5.92. The van der Waals surface area contributed by atoms with Crippen molar-refractivity contribution >= 4 is 5.91 Å². The van der Waals surface area contributed by atoms with Crippen LogP contribution in [0.5, 0.6) is 0 Å². The number of carbonyl (C=O) groups excluding carboxylic acids is 1. The second kappa shape index (κ2) is 4.43. The maximum atomic E-state index is 12.3. The van der Waals surface area contributed by atoms with E-state index in [-0.39, 0.29) is 5.91 Å². The first-order chi connectivity index (χ1) is 9.83. The minimum Gasteiger partial charge on any atom is -0.332 e.